The van der Waals surface area contributed by atoms with Crippen LogP contribution in [-0.4, -0.2) is 18.2 Å². The Kier molecular flexibility index (Phi) is 10.5. The number of nitrogens with zero attached hydrogens (tertiary/aromatic N) is 1. The van der Waals surface area contributed by atoms with E-state index in [2.05, 4.69) is 4.62 Å². The van der Waals surface area contributed by atoms with Gasteiger partial charge >= 0.3 is 16.5 Å². The molecule has 0 aromatic heterocycles. The molecule has 0 aromatic rings. The molecule has 4 nitrogen and oxygen atoms in total. The summed E-state index contributed by atoms with van der Waals surface area (Å²) in [5.74, 6) is 0. The number of hydrogen-bond donors (Lipinski definition) is 0. The zero-order valence-corrected chi connectivity index (χ0v) is 7.73. The van der Waals surface area contributed by atoms with E-state index in [-0.39, 0.29) is 16.5 Å². The Morgan fingerprint density at radius 1 is 1.30 bits per heavy atom. The molecule has 0 aliphatic rings. The van der Waals surface area contributed by atoms with Crippen LogP contribution in [0.1, 0.15) is 13.8 Å². The van der Waals surface area contributed by atoms with E-state index in [4.69, 9.17) is 0 Å². The first-order chi connectivity index (χ1) is 4.20. The number of rotatable bonds is 4. The third-order valence-corrected chi connectivity index (χ3v) is 1.25. The van der Waals surface area contributed by atoms with Crippen molar-refractivity contribution in [1.29, 1.82) is 0 Å². The summed E-state index contributed by atoms with van der Waals surface area (Å²) in [7, 11) is -2.73. The van der Waals surface area contributed by atoms with Crippen molar-refractivity contribution in [1.82, 2.24) is 5.06 Å². The first-order valence-corrected chi connectivity index (χ1v) is 3.87. The average Bonchev–Trinajstić information content (AvgIpc) is 1.82. The molecule has 0 atom stereocenters. The first kappa shape index (κ1) is 13.4. The van der Waals surface area contributed by atoms with Crippen molar-refractivity contribution in [3.05, 3.63) is 0 Å². The predicted octanol–water partition coefficient (Wildman–Crippen LogP) is -0.795. The van der Waals surface area contributed by atoms with Gasteiger partial charge in [0.15, 0.2) is 0 Å². The van der Waals surface area contributed by atoms with Gasteiger partial charge in [-0.3, -0.25) is 0 Å². The van der Waals surface area contributed by atoms with E-state index < -0.39 is 8.60 Å². The van der Waals surface area contributed by atoms with E-state index in [9.17, 15) is 9.79 Å². The van der Waals surface area contributed by atoms with E-state index >= 15 is 0 Å². The van der Waals surface area contributed by atoms with E-state index in [1.165, 1.54) is 5.06 Å². The Balaban J connectivity index is 0. The molecule has 0 aliphatic carbocycles. The maximum Gasteiger partial charge on any atom is 2.00 e. The molecule has 64 valence electrons. The zero-order chi connectivity index (χ0) is 7.28. The van der Waals surface area contributed by atoms with Crippen LogP contribution in [0.3, 0.4) is 0 Å². The van der Waals surface area contributed by atoms with E-state index in [1.54, 1.807) is 0 Å². The summed E-state index contributed by atoms with van der Waals surface area (Å²) in [4.78, 5) is 19.8. The molecule has 0 N–H and O–H groups in total. The van der Waals surface area contributed by atoms with Crippen molar-refractivity contribution in [2.45, 2.75) is 13.8 Å². The van der Waals surface area contributed by atoms with Gasteiger partial charge in [0.2, 0.25) is 0 Å². The van der Waals surface area contributed by atoms with Crippen LogP contribution in [0.2, 0.25) is 0 Å². The quantitative estimate of drug-likeness (QED) is 0.346. The van der Waals surface area contributed by atoms with Gasteiger partial charge < -0.3 is 14.4 Å². The van der Waals surface area contributed by atoms with Crippen molar-refractivity contribution in [2.75, 3.05) is 13.1 Å². The van der Waals surface area contributed by atoms with Crippen LogP contribution in [0.15, 0.2) is 0 Å². The Morgan fingerprint density at radius 2 is 1.70 bits per heavy atom. The molecule has 10 heavy (non-hydrogen) atoms. The van der Waals surface area contributed by atoms with Gasteiger partial charge in [-0.2, -0.15) is 5.06 Å². The Hall–Kier alpha value is 0.764. The third-order valence-electron chi connectivity index (χ3n) is 0.888. The summed E-state index contributed by atoms with van der Waals surface area (Å²) >= 11 is 0. The molecule has 0 saturated heterocycles. The fourth-order valence-electron chi connectivity index (χ4n) is 0.433. The summed E-state index contributed by atoms with van der Waals surface area (Å²) in [6.45, 7) is 4.81. The van der Waals surface area contributed by atoms with Gasteiger partial charge in [0.1, 0.15) is 0 Å². The fourth-order valence-corrected chi connectivity index (χ4v) is 0.853. The van der Waals surface area contributed by atoms with Gasteiger partial charge in [-0.1, -0.05) is 13.8 Å². The standard InChI is InChI=1S/C4H10NO3P.Ni/c1-3-5(4-2)8-9(6)7;/h3-4H2,1-2H3;/q-2;+2. The Bertz CT molecular complexity index is 71.5. The minimum atomic E-state index is -2.73. The molecule has 0 aromatic carbocycles. The van der Waals surface area contributed by atoms with Gasteiger partial charge in [0.05, 0.1) is 0 Å². The second-order valence-electron chi connectivity index (χ2n) is 1.42. The second kappa shape index (κ2) is 7.87. The van der Waals surface area contributed by atoms with Crippen LogP contribution in [0, 0.1) is 0 Å². The fraction of sp³-hybridized carbons (Fsp3) is 1.00. The number of hydroxylamine groups is 2. The molecular weight excluding hydrogens is 200 g/mol. The third kappa shape index (κ3) is 6.88. The van der Waals surface area contributed by atoms with Crippen molar-refractivity contribution < 1.29 is 30.9 Å². The summed E-state index contributed by atoms with van der Waals surface area (Å²) in [5, 5.41) is 1.35. The topological polar surface area (TPSA) is 58.6 Å². The summed E-state index contributed by atoms with van der Waals surface area (Å²) in [6, 6.07) is 0. The molecule has 0 heterocycles. The molecule has 0 bridgehead atoms. The van der Waals surface area contributed by atoms with Gasteiger partial charge in [-0.05, 0) is 0 Å². The average molecular weight is 210 g/mol. The van der Waals surface area contributed by atoms with Crippen molar-refractivity contribution >= 4 is 8.60 Å². The summed E-state index contributed by atoms with van der Waals surface area (Å²) < 4.78 is 4.34. The smallest absolute Gasteiger partial charge is 0.819 e. The van der Waals surface area contributed by atoms with Gasteiger partial charge in [-0.15, -0.1) is 8.60 Å². The van der Waals surface area contributed by atoms with Gasteiger partial charge in [-0.25, -0.2) is 0 Å². The maximum absolute atomic E-state index is 9.90. The van der Waals surface area contributed by atoms with Crippen LogP contribution < -0.4 is 9.79 Å². The van der Waals surface area contributed by atoms with Crippen LogP contribution in [0.4, 0.5) is 0 Å². The van der Waals surface area contributed by atoms with Crippen LogP contribution in [0.25, 0.3) is 0 Å². The maximum atomic E-state index is 9.90. The largest absolute Gasteiger partial charge is 2.00 e. The Labute approximate surface area is 72.1 Å². The Morgan fingerprint density at radius 3 is 1.80 bits per heavy atom. The van der Waals surface area contributed by atoms with Crippen LogP contribution in [-0.2, 0) is 21.1 Å². The normalized spacial score (nSPS) is 10.2. The SMILES string of the molecule is CCN(CC)OP([O-])[O-].[Ni+2]. The van der Waals surface area contributed by atoms with E-state index in [1.807, 2.05) is 13.8 Å². The summed E-state index contributed by atoms with van der Waals surface area (Å²) in [5.41, 5.74) is 0. The molecular formula is C4H10NNiO3P. The molecule has 0 fully saturated rings. The molecule has 0 amide bonds. The van der Waals surface area contributed by atoms with Crippen LogP contribution >= 0.6 is 8.60 Å². The minimum Gasteiger partial charge on any atom is -0.819 e. The van der Waals surface area contributed by atoms with Crippen LogP contribution in [0.5, 0.6) is 0 Å². The molecule has 6 heteroatoms. The molecule has 0 saturated carbocycles. The number of hydrogen-bond acceptors (Lipinski definition) is 4. The molecule has 0 radical (unpaired) electrons. The zero-order valence-electron chi connectivity index (χ0n) is 5.85. The van der Waals surface area contributed by atoms with Crippen molar-refractivity contribution in [3.63, 3.8) is 0 Å². The van der Waals surface area contributed by atoms with E-state index in [0.29, 0.717) is 13.1 Å². The van der Waals surface area contributed by atoms with Gasteiger partial charge in [0, 0.05) is 13.1 Å². The molecule has 0 unspecified atom stereocenters. The second-order valence-corrected chi connectivity index (χ2v) is 2.03. The molecule has 0 rings (SSSR count). The first-order valence-electron chi connectivity index (χ1n) is 2.78. The van der Waals surface area contributed by atoms with Crippen molar-refractivity contribution in [3.8, 4) is 0 Å². The predicted molar refractivity (Wildman–Crippen MR) is 30.9 cm³/mol. The molecule has 0 aliphatic heterocycles. The monoisotopic (exact) mass is 209 g/mol. The molecule has 0 spiro atoms. The van der Waals surface area contributed by atoms with Crippen molar-refractivity contribution in [2.24, 2.45) is 0 Å². The van der Waals surface area contributed by atoms with E-state index in [0.717, 1.165) is 0 Å². The minimum absolute atomic E-state index is 0. The van der Waals surface area contributed by atoms with Gasteiger partial charge in [0.25, 0.3) is 0 Å². The summed E-state index contributed by atoms with van der Waals surface area (Å²) in [6.07, 6.45) is 0.